The first kappa shape index (κ1) is 15.0. The third-order valence-corrected chi connectivity index (χ3v) is 5.19. The molecule has 0 radical (unpaired) electrons. The lowest BCUT2D eigenvalue weighted by Gasteiger charge is -2.11. The summed E-state index contributed by atoms with van der Waals surface area (Å²) in [6.45, 7) is 0. The zero-order valence-corrected chi connectivity index (χ0v) is 14.0. The number of hydrogen-bond acceptors (Lipinski definition) is 0. The van der Waals surface area contributed by atoms with Crippen molar-refractivity contribution in [3.8, 4) is 0 Å². The quantitative estimate of drug-likeness (QED) is 0.412. The van der Waals surface area contributed by atoms with Crippen molar-refractivity contribution in [2.24, 2.45) is 0 Å². The van der Waals surface area contributed by atoms with Gasteiger partial charge in [-0.15, -0.1) is 0 Å². The second-order valence-electron chi connectivity index (χ2n) is 4.25. The summed E-state index contributed by atoms with van der Waals surface area (Å²) in [5.41, 5.74) is 1.85. The van der Waals surface area contributed by atoms with Crippen molar-refractivity contribution in [1.29, 1.82) is 0 Å². The number of alkyl halides is 1. The van der Waals surface area contributed by atoms with Gasteiger partial charge in [0.05, 0.1) is 5.02 Å². The van der Waals surface area contributed by atoms with Crippen LogP contribution in [-0.2, 0) is 6.42 Å². The van der Waals surface area contributed by atoms with Crippen LogP contribution in [0.15, 0.2) is 46.9 Å². The molecular formula is C15H12Br2ClF. The molecule has 0 aliphatic rings. The maximum Gasteiger partial charge on any atom is 0.146 e. The van der Waals surface area contributed by atoms with Crippen LogP contribution in [0, 0.1) is 5.82 Å². The summed E-state index contributed by atoms with van der Waals surface area (Å²) in [6.07, 6.45) is 1.46. The Hall–Kier alpha value is -0.380. The predicted molar refractivity (Wildman–Crippen MR) is 85.5 cm³/mol. The highest BCUT2D eigenvalue weighted by Gasteiger charge is 2.12. The zero-order valence-electron chi connectivity index (χ0n) is 10.0. The largest absolute Gasteiger partial charge is 0.205 e. The van der Waals surface area contributed by atoms with Gasteiger partial charge in [-0.1, -0.05) is 63.9 Å². The van der Waals surface area contributed by atoms with Crippen molar-refractivity contribution < 1.29 is 4.39 Å². The Morgan fingerprint density at radius 2 is 1.79 bits per heavy atom. The molecule has 2 aromatic carbocycles. The molecule has 0 saturated carbocycles. The number of rotatable bonds is 4. The second kappa shape index (κ2) is 6.87. The van der Waals surface area contributed by atoms with E-state index in [1.54, 1.807) is 12.1 Å². The molecule has 0 aliphatic heterocycles. The van der Waals surface area contributed by atoms with E-state index in [-0.39, 0.29) is 15.7 Å². The van der Waals surface area contributed by atoms with Gasteiger partial charge in [-0.05, 0) is 46.0 Å². The van der Waals surface area contributed by atoms with E-state index in [2.05, 4.69) is 44.0 Å². The van der Waals surface area contributed by atoms with Gasteiger partial charge in [0.25, 0.3) is 0 Å². The third-order valence-electron chi connectivity index (χ3n) is 2.94. The van der Waals surface area contributed by atoms with Crippen LogP contribution in [-0.4, -0.2) is 0 Å². The minimum absolute atomic E-state index is 0.156. The van der Waals surface area contributed by atoms with Crippen molar-refractivity contribution >= 4 is 43.5 Å². The number of hydrogen-bond donors (Lipinski definition) is 0. The molecule has 1 atom stereocenters. The summed E-state index contributed by atoms with van der Waals surface area (Å²) in [7, 11) is 0. The minimum Gasteiger partial charge on any atom is -0.205 e. The fourth-order valence-corrected chi connectivity index (χ4v) is 2.89. The minimum atomic E-state index is -0.330. The smallest absolute Gasteiger partial charge is 0.146 e. The Morgan fingerprint density at radius 1 is 1.11 bits per heavy atom. The standard InChI is InChI=1S/C15H12Br2ClF/c16-12(10-4-2-1-3-5-10)8-6-11-7-9-13(17)14(18)15(11)19/h1-5,7,9,12H,6,8H2. The fraction of sp³-hybridized carbons (Fsp3) is 0.200. The molecule has 0 spiro atoms. The second-order valence-corrected chi connectivity index (χ2v) is 6.59. The number of halogens is 4. The van der Waals surface area contributed by atoms with E-state index in [0.717, 1.165) is 6.42 Å². The molecule has 2 aromatic rings. The molecule has 0 bridgehead atoms. The molecule has 0 aromatic heterocycles. The van der Waals surface area contributed by atoms with Crippen LogP contribution < -0.4 is 0 Å². The topological polar surface area (TPSA) is 0 Å². The van der Waals surface area contributed by atoms with Crippen LogP contribution in [0.1, 0.15) is 22.4 Å². The number of benzene rings is 2. The monoisotopic (exact) mass is 404 g/mol. The van der Waals surface area contributed by atoms with Crippen LogP contribution in [0.3, 0.4) is 0 Å². The molecule has 100 valence electrons. The molecule has 0 aliphatic carbocycles. The number of aryl methyl sites for hydroxylation is 1. The lowest BCUT2D eigenvalue weighted by molar-refractivity contribution is 0.603. The van der Waals surface area contributed by atoms with Gasteiger partial charge >= 0.3 is 0 Å². The predicted octanol–water partition coefficient (Wildman–Crippen LogP) is 6.31. The average molecular weight is 407 g/mol. The molecule has 0 saturated heterocycles. The molecule has 1 unspecified atom stereocenters. The lowest BCUT2D eigenvalue weighted by Crippen LogP contribution is -1.97. The summed E-state index contributed by atoms with van der Waals surface area (Å²) in [5.74, 6) is -0.330. The van der Waals surface area contributed by atoms with Crippen molar-refractivity contribution in [3.05, 3.63) is 68.9 Å². The molecule has 0 N–H and O–H groups in total. The van der Waals surface area contributed by atoms with Crippen LogP contribution in [0.2, 0.25) is 5.02 Å². The maximum atomic E-state index is 13.9. The SMILES string of the molecule is Fc1c(CCC(Br)c2ccccc2)ccc(Br)c1Cl. The van der Waals surface area contributed by atoms with E-state index in [1.807, 2.05) is 18.2 Å². The molecule has 0 nitrogen and oxygen atoms in total. The first-order chi connectivity index (χ1) is 9.09. The third kappa shape index (κ3) is 3.80. The fourth-order valence-electron chi connectivity index (χ4n) is 1.87. The van der Waals surface area contributed by atoms with Gasteiger partial charge in [0.15, 0.2) is 0 Å². The van der Waals surface area contributed by atoms with Gasteiger partial charge in [-0.3, -0.25) is 0 Å². The van der Waals surface area contributed by atoms with Crippen LogP contribution in [0.4, 0.5) is 4.39 Å². The normalized spacial score (nSPS) is 12.4. The molecule has 4 heteroatoms. The van der Waals surface area contributed by atoms with E-state index in [4.69, 9.17) is 11.6 Å². The molecule has 0 fully saturated rings. The maximum absolute atomic E-state index is 13.9. The van der Waals surface area contributed by atoms with Gasteiger partial charge < -0.3 is 0 Å². The van der Waals surface area contributed by atoms with E-state index in [0.29, 0.717) is 16.5 Å². The highest BCUT2D eigenvalue weighted by molar-refractivity contribution is 9.10. The highest BCUT2D eigenvalue weighted by atomic mass is 79.9. The van der Waals surface area contributed by atoms with Gasteiger partial charge in [-0.25, -0.2) is 4.39 Å². The van der Waals surface area contributed by atoms with E-state index in [1.165, 1.54) is 5.56 Å². The van der Waals surface area contributed by atoms with Gasteiger partial charge in [0.2, 0.25) is 0 Å². The van der Waals surface area contributed by atoms with Crippen molar-refractivity contribution in [2.45, 2.75) is 17.7 Å². The van der Waals surface area contributed by atoms with Crippen LogP contribution in [0.25, 0.3) is 0 Å². The summed E-state index contributed by atoms with van der Waals surface area (Å²) >= 11 is 12.7. The lowest BCUT2D eigenvalue weighted by atomic mass is 10.0. The Balaban J connectivity index is 2.05. The van der Waals surface area contributed by atoms with Crippen LogP contribution >= 0.6 is 43.5 Å². The Kier molecular flexibility index (Phi) is 5.43. The van der Waals surface area contributed by atoms with E-state index >= 15 is 0 Å². The van der Waals surface area contributed by atoms with Gasteiger partial charge in [-0.2, -0.15) is 0 Å². The molecule has 0 heterocycles. The molecular weight excluding hydrogens is 394 g/mol. The Bertz CT molecular complexity index is 558. The first-order valence-corrected chi connectivity index (χ1v) is 7.99. The highest BCUT2D eigenvalue weighted by Crippen LogP contribution is 2.31. The Morgan fingerprint density at radius 3 is 2.47 bits per heavy atom. The van der Waals surface area contributed by atoms with Crippen molar-refractivity contribution in [2.75, 3.05) is 0 Å². The summed E-state index contributed by atoms with van der Waals surface area (Å²) in [5, 5.41) is 0.156. The zero-order chi connectivity index (χ0) is 13.8. The summed E-state index contributed by atoms with van der Waals surface area (Å²) in [4.78, 5) is 0.218. The Labute approximate surface area is 134 Å². The summed E-state index contributed by atoms with van der Waals surface area (Å²) in [6, 6.07) is 13.7. The van der Waals surface area contributed by atoms with E-state index in [9.17, 15) is 4.39 Å². The van der Waals surface area contributed by atoms with Crippen LogP contribution in [0.5, 0.6) is 0 Å². The average Bonchev–Trinajstić information content (AvgIpc) is 2.45. The van der Waals surface area contributed by atoms with Crippen molar-refractivity contribution in [3.63, 3.8) is 0 Å². The molecule has 19 heavy (non-hydrogen) atoms. The van der Waals surface area contributed by atoms with Crippen molar-refractivity contribution in [1.82, 2.24) is 0 Å². The van der Waals surface area contributed by atoms with Gasteiger partial charge in [0, 0.05) is 9.30 Å². The van der Waals surface area contributed by atoms with E-state index < -0.39 is 0 Å². The first-order valence-electron chi connectivity index (χ1n) is 5.91. The summed E-state index contributed by atoms with van der Waals surface area (Å²) < 4.78 is 14.5. The molecule has 2 rings (SSSR count). The molecule has 0 amide bonds. The van der Waals surface area contributed by atoms with Gasteiger partial charge in [0.1, 0.15) is 5.82 Å².